The van der Waals surface area contributed by atoms with Crippen molar-refractivity contribution in [2.24, 2.45) is 0 Å². The number of nitrogens with zero attached hydrogens (tertiary/aromatic N) is 2. The van der Waals surface area contributed by atoms with Crippen LogP contribution in [0.25, 0.3) is 0 Å². The van der Waals surface area contributed by atoms with E-state index in [2.05, 4.69) is 5.32 Å². The average molecular weight is 335 g/mol. The second-order valence-corrected chi connectivity index (χ2v) is 5.59. The topological polar surface area (TPSA) is 52.6 Å². The van der Waals surface area contributed by atoms with Gasteiger partial charge in [-0.1, -0.05) is 54.8 Å². The van der Waals surface area contributed by atoms with E-state index >= 15 is 0 Å². The molecule has 2 rings (SSSR count). The Bertz CT molecular complexity index is 592. The second-order valence-electron chi connectivity index (χ2n) is 4.82. The van der Waals surface area contributed by atoms with Crippen molar-refractivity contribution in [3.05, 3.63) is 35.9 Å². The number of amides is 2. The fourth-order valence-electron chi connectivity index (χ4n) is 2.24. The zero-order valence-electron chi connectivity index (χ0n) is 12.2. The minimum atomic E-state index is -0.700. The van der Waals surface area contributed by atoms with Crippen molar-refractivity contribution >= 4 is 46.7 Å². The Morgan fingerprint density at radius 2 is 1.95 bits per heavy atom. The molecule has 116 valence electrons. The third-order valence-corrected chi connectivity index (χ3v) is 4.50. The molecule has 22 heavy (non-hydrogen) atoms. The molecule has 1 fully saturated rings. The summed E-state index contributed by atoms with van der Waals surface area (Å²) in [7, 11) is 0. The first-order chi connectivity index (χ1) is 10.6. The van der Waals surface area contributed by atoms with E-state index in [1.165, 1.54) is 4.90 Å². The van der Waals surface area contributed by atoms with E-state index in [9.17, 15) is 9.59 Å². The van der Waals surface area contributed by atoms with Gasteiger partial charge in [0.25, 0.3) is 0 Å². The van der Waals surface area contributed by atoms with Crippen LogP contribution in [-0.2, 0) is 4.79 Å². The zero-order valence-corrected chi connectivity index (χ0v) is 13.8. The van der Waals surface area contributed by atoms with Crippen molar-refractivity contribution < 1.29 is 9.59 Å². The van der Waals surface area contributed by atoms with Crippen molar-refractivity contribution in [2.75, 3.05) is 19.6 Å². The summed E-state index contributed by atoms with van der Waals surface area (Å²) in [6.07, 6.45) is 0.705. The smallest absolute Gasteiger partial charge is 0.323 e. The van der Waals surface area contributed by atoms with Crippen molar-refractivity contribution in [3.63, 3.8) is 0 Å². The normalized spacial score (nSPS) is 16.4. The summed E-state index contributed by atoms with van der Waals surface area (Å²) < 4.78 is 0. The second kappa shape index (κ2) is 7.42. The van der Waals surface area contributed by atoms with Gasteiger partial charge in [0, 0.05) is 19.6 Å². The highest BCUT2D eigenvalue weighted by molar-refractivity contribution is 7.89. The number of hydrogen-bond donors (Lipinski definition) is 1. The predicted octanol–water partition coefficient (Wildman–Crippen LogP) is 1.93. The third-order valence-electron chi connectivity index (χ3n) is 3.51. The molecule has 2 amide bonds. The maximum Gasteiger partial charge on any atom is 0.323 e. The molecule has 0 spiro atoms. The highest BCUT2D eigenvalue weighted by Crippen LogP contribution is 2.13. The molecule has 1 aliphatic heterocycles. The van der Waals surface area contributed by atoms with Crippen molar-refractivity contribution in [2.45, 2.75) is 13.0 Å². The van der Waals surface area contributed by atoms with E-state index in [1.807, 2.05) is 30.0 Å². The molecule has 0 aliphatic carbocycles. The van der Waals surface area contributed by atoms with Crippen molar-refractivity contribution in [1.29, 1.82) is 0 Å². The largest absolute Gasteiger partial charge is 0.359 e. The maximum absolute atomic E-state index is 12.4. The van der Waals surface area contributed by atoms with Gasteiger partial charge in [-0.05, 0) is 12.5 Å². The molecule has 1 aromatic rings. The van der Waals surface area contributed by atoms with Crippen LogP contribution in [0.2, 0.25) is 0 Å². The SMILES string of the molecule is CCN1CCN(C(=O)NC(C=O)c2ccccc2)C(=S)C1=S. The van der Waals surface area contributed by atoms with Crippen LogP contribution < -0.4 is 5.32 Å². The molecular formula is C15H17N3O2S2. The van der Waals surface area contributed by atoms with Gasteiger partial charge in [0.05, 0.1) is 0 Å². The monoisotopic (exact) mass is 335 g/mol. The van der Waals surface area contributed by atoms with Crippen LogP contribution in [0, 0.1) is 0 Å². The van der Waals surface area contributed by atoms with E-state index in [4.69, 9.17) is 24.4 Å². The first-order valence-electron chi connectivity index (χ1n) is 7.00. The van der Waals surface area contributed by atoms with Gasteiger partial charge >= 0.3 is 6.03 Å². The minimum Gasteiger partial charge on any atom is -0.359 e. The number of carbonyl (C=O) groups excluding carboxylic acids is 2. The van der Waals surface area contributed by atoms with Crippen LogP contribution in [0.4, 0.5) is 4.79 Å². The Balaban J connectivity index is 2.07. The summed E-state index contributed by atoms with van der Waals surface area (Å²) in [5, 5.41) is 2.69. The number of rotatable bonds is 4. The quantitative estimate of drug-likeness (QED) is 0.673. The van der Waals surface area contributed by atoms with E-state index in [0.717, 1.165) is 12.1 Å². The van der Waals surface area contributed by atoms with Crippen LogP contribution >= 0.6 is 24.4 Å². The van der Waals surface area contributed by atoms with Crippen molar-refractivity contribution in [3.8, 4) is 0 Å². The van der Waals surface area contributed by atoms with Gasteiger partial charge in [0.1, 0.15) is 22.3 Å². The van der Waals surface area contributed by atoms with Crippen LogP contribution in [0.15, 0.2) is 30.3 Å². The Labute approximate surface area is 140 Å². The molecule has 1 atom stereocenters. The molecule has 1 aromatic carbocycles. The highest BCUT2D eigenvalue weighted by Gasteiger charge is 2.30. The van der Waals surface area contributed by atoms with Gasteiger partial charge in [-0.3, -0.25) is 4.90 Å². The summed E-state index contributed by atoms with van der Waals surface area (Å²) in [5.41, 5.74) is 0.728. The van der Waals surface area contributed by atoms with Crippen molar-refractivity contribution in [1.82, 2.24) is 15.1 Å². The predicted molar refractivity (Wildman–Crippen MR) is 92.9 cm³/mol. The number of benzene rings is 1. The van der Waals surface area contributed by atoms with Gasteiger partial charge in [-0.2, -0.15) is 0 Å². The van der Waals surface area contributed by atoms with E-state index < -0.39 is 12.1 Å². The van der Waals surface area contributed by atoms with Gasteiger partial charge < -0.3 is 15.0 Å². The molecule has 1 heterocycles. The summed E-state index contributed by atoms with van der Waals surface area (Å²) >= 11 is 10.5. The first kappa shape index (κ1) is 16.5. The molecule has 7 heteroatoms. The molecule has 1 aliphatic rings. The summed E-state index contributed by atoms with van der Waals surface area (Å²) in [4.78, 5) is 27.9. The molecule has 1 saturated heterocycles. The van der Waals surface area contributed by atoms with Crippen LogP contribution in [0.3, 0.4) is 0 Å². The number of thiocarbonyl (C=S) groups is 2. The van der Waals surface area contributed by atoms with Gasteiger partial charge in [0.15, 0.2) is 0 Å². The van der Waals surface area contributed by atoms with Crippen LogP contribution in [0.1, 0.15) is 18.5 Å². The lowest BCUT2D eigenvalue weighted by atomic mass is 10.1. The number of likely N-dealkylation sites (N-methyl/N-ethyl adjacent to an activating group) is 1. The molecule has 0 aromatic heterocycles. The molecule has 1 unspecified atom stereocenters. The Morgan fingerprint density at radius 3 is 2.55 bits per heavy atom. The lowest BCUT2D eigenvalue weighted by Crippen LogP contribution is -2.57. The molecule has 0 saturated carbocycles. The van der Waals surface area contributed by atoms with E-state index in [1.54, 1.807) is 12.1 Å². The van der Waals surface area contributed by atoms with Gasteiger partial charge in [-0.15, -0.1) is 0 Å². The van der Waals surface area contributed by atoms with Crippen LogP contribution in [0.5, 0.6) is 0 Å². The Morgan fingerprint density at radius 1 is 1.27 bits per heavy atom. The number of carbonyl (C=O) groups is 2. The first-order valence-corrected chi connectivity index (χ1v) is 7.81. The molecule has 0 radical (unpaired) electrons. The molecule has 1 N–H and O–H groups in total. The molecule has 5 nitrogen and oxygen atoms in total. The lowest BCUT2D eigenvalue weighted by molar-refractivity contribution is -0.109. The minimum absolute atomic E-state index is 0.332. The number of aldehydes is 1. The molecular weight excluding hydrogens is 318 g/mol. The Kier molecular flexibility index (Phi) is 5.57. The number of hydrogen-bond acceptors (Lipinski definition) is 4. The van der Waals surface area contributed by atoms with Gasteiger partial charge in [0.2, 0.25) is 0 Å². The number of urea groups is 1. The summed E-state index contributed by atoms with van der Waals surface area (Å²) in [5.74, 6) is 0. The third kappa shape index (κ3) is 3.48. The van der Waals surface area contributed by atoms with Gasteiger partial charge in [-0.25, -0.2) is 4.79 Å². The average Bonchev–Trinajstić information content (AvgIpc) is 2.55. The Hall–Kier alpha value is -1.86. The summed E-state index contributed by atoms with van der Waals surface area (Å²) in [6, 6.07) is 7.97. The fraction of sp³-hybridized carbons (Fsp3) is 0.333. The van der Waals surface area contributed by atoms with Crippen LogP contribution in [-0.4, -0.2) is 51.7 Å². The lowest BCUT2D eigenvalue weighted by Gasteiger charge is -2.36. The molecule has 0 bridgehead atoms. The highest BCUT2D eigenvalue weighted by atomic mass is 32.1. The standard InChI is InChI=1S/C15H17N3O2S2/c1-2-17-8-9-18(14(22)13(17)21)15(20)16-12(10-19)11-6-4-3-5-7-11/h3-7,10,12H,2,8-9H2,1H3,(H,16,20). The summed E-state index contributed by atoms with van der Waals surface area (Å²) in [6.45, 7) is 3.84. The maximum atomic E-state index is 12.4. The van der Waals surface area contributed by atoms with E-state index in [0.29, 0.717) is 29.4 Å². The number of piperazine rings is 1. The zero-order chi connectivity index (χ0) is 16.1. The van der Waals surface area contributed by atoms with E-state index in [-0.39, 0.29) is 0 Å². The number of nitrogens with one attached hydrogen (secondary N) is 1. The fourth-order valence-corrected chi connectivity index (χ4v) is 2.87.